The molecule has 1 aliphatic heterocycles. The molecule has 0 unspecified atom stereocenters. The molecule has 0 saturated carbocycles. The molecule has 4 rings (SSSR count). The van der Waals surface area contributed by atoms with Crippen LogP contribution in [0.15, 0.2) is 24.4 Å². The maximum Gasteiger partial charge on any atom is 0.208 e. The van der Waals surface area contributed by atoms with E-state index in [1.807, 2.05) is 7.05 Å². The fourth-order valence-electron chi connectivity index (χ4n) is 4.49. The van der Waals surface area contributed by atoms with Gasteiger partial charge in [-0.05, 0) is 58.7 Å². The Labute approximate surface area is 178 Å². The van der Waals surface area contributed by atoms with Crippen molar-refractivity contribution in [2.45, 2.75) is 57.7 Å². The standard InChI is InChI=1S/C21H26F2N6S/c1-20(2)10-12(11-21(3,4)28-20)29(5)19-27-26-18(30-19)14-7-6-13(16(22)17(14)23)15-8-9-24-25-15/h6-9,12,28H,10-11H2,1-5H3,(H,24,25). The van der Waals surface area contributed by atoms with E-state index in [1.54, 1.807) is 6.07 Å². The Balaban J connectivity index is 1.61. The Hall–Kier alpha value is -2.39. The zero-order valence-electron chi connectivity index (χ0n) is 17.8. The van der Waals surface area contributed by atoms with Gasteiger partial charge in [-0.25, -0.2) is 8.78 Å². The normalized spacial score (nSPS) is 18.5. The molecule has 160 valence electrons. The van der Waals surface area contributed by atoms with Gasteiger partial charge in [0.1, 0.15) is 0 Å². The van der Waals surface area contributed by atoms with Gasteiger partial charge in [0.25, 0.3) is 0 Å². The van der Waals surface area contributed by atoms with Gasteiger partial charge >= 0.3 is 0 Å². The Bertz CT molecular complexity index is 1030. The van der Waals surface area contributed by atoms with Crippen molar-refractivity contribution >= 4 is 16.5 Å². The summed E-state index contributed by atoms with van der Waals surface area (Å²) in [6.45, 7) is 8.78. The number of hydrogen-bond donors (Lipinski definition) is 2. The van der Waals surface area contributed by atoms with E-state index < -0.39 is 11.6 Å². The molecule has 1 aromatic carbocycles. The van der Waals surface area contributed by atoms with Gasteiger partial charge in [-0.3, -0.25) is 5.10 Å². The third-order valence-electron chi connectivity index (χ3n) is 5.54. The molecule has 9 heteroatoms. The van der Waals surface area contributed by atoms with Crippen LogP contribution < -0.4 is 10.2 Å². The Kier molecular flexibility index (Phi) is 5.14. The lowest BCUT2D eigenvalue weighted by Gasteiger charge is -2.48. The van der Waals surface area contributed by atoms with Gasteiger partial charge in [0.05, 0.1) is 11.3 Å². The Morgan fingerprint density at radius 3 is 2.27 bits per heavy atom. The molecule has 1 aliphatic rings. The molecule has 2 N–H and O–H groups in total. The number of hydrogen-bond acceptors (Lipinski definition) is 6. The number of aromatic nitrogens is 4. The lowest BCUT2D eigenvalue weighted by Crippen LogP contribution is -2.61. The van der Waals surface area contributed by atoms with E-state index in [9.17, 15) is 8.78 Å². The van der Waals surface area contributed by atoms with Crippen molar-refractivity contribution in [1.82, 2.24) is 25.7 Å². The number of benzene rings is 1. The van der Waals surface area contributed by atoms with E-state index in [4.69, 9.17) is 0 Å². The van der Waals surface area contributed by atoms with Crippen LogP contribution in [0.5, 0.6) is 0 Å². The van der Waals surface area contributed by atoms with Gasteiger partial charge in [0.2, 0.25) is 5.13 Å². The second kappa shape index (κ2) is 7.39. The highest BCUT2D eigenvalue weighted by atomic mass is 32.1. The van der Waals surface area contributed by atoms with E-state index >= 15 is 0 Å². The van der Waals surface area contributed by atoms with Gasteiger partial charge in [0.15, 0.2) is 16.6 Å². The third kappa shape index (κ3) is 3.96. The van der Waals surface area contributed by atoms with Crippen LogP contribution in [0, 0.1) is 11.6 Å². The Morgan fingerprint density at radius 1 is 1.00 bits per heavy atom. The van der Waals surface area contributed by atoms with Crippen LogP contribution in [0.2, 0.25) is 0 Å². The van der Waals surface area contributed by atoms with E-state index in [-0.39, 0.29) is 28.2 Å². The highest BCUT2D eigenvalue weighted by molar-refractivity contribution is 7.18. The smallest absolute Gasteiger partial charge is 0.208 e. The van der Waals surface area contributed by atoms with E-state index in [0.717, 1.165) is 12.8 Å². The van der Waals surface area contributed by atoms with Crippen LogP contribution in [0.1, 0.15) is 40.5 Å². The molecule has 6 nitrogen and oxygen atoms in total. The second-order valence-corrected chi connectivity index (χ2v) is 10.2. The molecule has 0 aliphatic carbocycles. The van der Waals surface area contributed by atoms with Gasteiger partial charge in [-0.2, -0.15) is 5.10 Å². The summed E-state index contributed by atoms with van der Waals surface area (Å²) < 4.78 is 29.5. The number of nitrogens with zero attached hydrogens (tertiary/aromatic N) is 4. The van der Waals surface area contributed by atoms with Crippen molar-refractivity contribution in [3.05, 3.63) is 36.0 Å². The van der Waals surface area contributed by atoms with Crippen molar-refractivity contribution in [1.29, 1.82) is 0 Å². The Morgan fingerprint density at radius 2 is 1.63 bits per heavy atom. The maximum absolute atomic E-state index is 14.8. The van der Waals surface area contributed by atoms with Crippen molar-refractivity contribution in [3.63, 3.8) is 0 Å². The predicted molar refractivity (Wildman–Crippen MR) is 116 cm³/mol. The average Bonchev–Trinajstić information content (AvgIpc) is 3.32. The molecule has 0 amide bonds. The fourth-order valence-corrected chi connectivity index (χ4v) is 5.39. The molecular formula is C21H26F2N6S. The van der Waals surface area contributed by atoms with E-state index in [0.29, 0.717) is 15.8 Å². The topological polar surface area (TPSA) is 69.7 Å². The van der Waals surface area contributed by atoms with Crippen molar-refractivity contribution in [2.75, 3.05) is 11.9 Å². The number of anilines is 1. The summed E-state index contributed by atoms with van der Waals surface area (Å²) in [7, 11) is 1.99. The van der Waals surface area contributed by atoms with Crippen LogP contribution in [0.4, 0.5) is 13.9 Å². The molecule has 0 bridgehead atoms. The minimum atomic E-state index is -0.934. The fraction of sp³-hybridized carbons (Fsp3) is 0.476. The number of aromatic amines is 1. The van der Waals surface area contributed by atoms with Crippen molar-refractivity contribution in [3.8, 4) is 21.8 Å². The average molecular weight is 433 g/mol. The van der Waals surface area contributed by atoms with Gasteiger partial charge in [0, 0.05) is 35.9 Å². The van der Waals surface area contributed by atoms with Crippen LogP contribution in [0.3, 0.4) is 0 Å². The molecule has 0 spiro atoms. The van der Waals surface area contributed by atoms with Crippen molar-refractivity contribution in [2.24, 2.45) is 0 Å². The maximum atomic E-state index is 14.8. The number of piperidine rings is 1. The first-order valence-electron chi connectivity index (χ1n) is 9.90. The highest BCUT2D eigenvalue weighted by Crippen LogP contribution is 2.37. The highest BCUT2D eigenvalue weighted by Gasteiger charge is 2.39. The first kappa shape index (κ1) is 20.9. The molecule has 30 heavy (non-hydrogen) atoms. The predicted octanol–water partition coefficient (Wildman–Crippen LogP) is 4.62. The lowest BCUT2D eigenvalue weighted by atomic mass is 9.79. The van der Waals surface area contributed by atoms with Gasteiger partial charge in [-0.1, -0.05) is 11.3 Å². The van der Waals surface area contributed by atoms with Crippen molar-refractivity contribution < 1.29 is 8.78 Å². The minimum Gasteiger partial charge on any atom is -0.347 e. The number of nitrogens with one attached hydrogen (secondary N) is 2. The minimum absolute atomic E-state index is 0.00800. The number of halogens is 2. The largest absolute Gasteiger partial charge is 0.347 e. The molecule has 3 aromatic rings. The molecule has 3 heterocycles. The summed E-state index contributed by atoms with van der Waals surface area (Å²) in [5.74, 6) is -1.86. The summed E-state index contributed by atoms with van der Waals surface area (Å²) in [5.41, 5.74) is 0.651. The summed E-state index contributed by atoms with van der Waals surface area (Å²) in [5, 5.41) is 19.6. The summed E-state index contributed by atoms with van der Waals surface area (Å²) >= 11 is 1.27. The summed E-state index contributed by atoms with van der Waals surface area (Å²) in [6.07, 6.45) is 3.39. The second-order valence-electron chi connectivity index (χ2n) is 9.21. The molecule has 1 saturated heterocycles. The molecule has 1 fully saturated rings. The van der Waals surface area contributed by atoms with Crippen LogP contribution >= 0.6 is 11.3 Å². The molecule has 2 aromatic heterocycles. The molecule has 0 radical (unpaired) electrons. The van der Waals surface area contributed by atoms with Crippen LogP contribution in [-0.2, 0) is 0 Å². The lowest BCUT2D eigenvalue weighted by molar-refractivity contribution is 0.161. The molecular weight excluding hydrogens is 406 g/mol. The SMILES string of the molecule is CN(c1nnc(-c2ccc(-c3ccn[nH]3)c(F)c2F)s1)C1CC(C)(C)NC(C)(C)C1. The van der Waals surface area contributed by atoms with Gasteiger partial charge in [-0.15, -0.1) is 10.2 Å². The van der Waals surface area contributed by atoms with Gasteiger partial charge < -0.3 is 10.2 Å². The van der Waals surface area contributed by atoms with E-state index in [1.165, 1.54) is 29.7 Å². The quantitative estimate of drug-likeness (QED) is 0.630. The summed E-state index contributed by atoms with van der Waals surface area (Å²) in [6, 6.07) is 4.93. The van der Waals surface area contributed by atoms with E-state index in [2.05, 4.69) is 58.3 Å². The van der Waals surface area contributed by atoms with Crippen LogP contribution in [-0.4, -0.2) is 44.6 Å². The third-order valence-corrected chi connectivity index (χ3v) is 6.58. The molecule has 0 atom stereocenters. The first-order valence-corrected chi connectivity index (χ1v) is 10.7. The first-order chi connectivity index (χ1) is 14.1. The monoisotopic (exact) mass is 432 g/mol. The summed E-state index contributed by atoms with van der Waals surface area (Å²) in [4.78, 5) is 2.11. The zero-order chi connectivity index (χ0) is 21.7. The number of rotatable bonds is 4. The number of H-pyrrole nitrogens is 1. The van der Waals surface area contributed by atoms with Crippen LogP contribution in [0.25, 0.3) is 21.8 Å². The zero-order valence-corrected chi connectivity index (χ0v) is 18.6.